The number of alkyl halides is 3. The quantitative estimate of drug-likeness (QED) is 0.598. The second-order valence-corrected chi connectivity index (χ2v) is 2.19. The molecule has 0 aromatic carbocycles. The van der Waals surface area contributed by atoms with Crippen molar-refractivity contribution in [3.8, 4) is 0 Å². The molecule has 0 saturated heterocycles. The zero-order chi connectivity index (χ0) is 6.20. The van der Waals surface area contributed by atoms with Gasteiger partial charge in [0.1, 0.15) is 11.6 Å². The van der Waals surface area contributed by atoms with E-state index in [1.54, 1.807) is 0 Å². The van der Waals surface area contributed by atoms with Crippen molar-refractivity contribution in [2.24, 2.45) is 0 Å². The van der Waals surface area contributed by atoms with Crippen molar-refractivity contribution < 1.29 is 13.5 Å². The normalized spacial score (nSPS) is 32.6. The highest BCUT2D eigenvalue weighted by Crippen LogP contribution is 2.44. The van der Waals surface area contributed by atoms with E-state index in [2.05, 4.69) is 20.7 Å². The second kappa shape index (κ2) is 1.92. The van der Waals surface area contributed by atoms with Crippen LogP contribution in [0.3, 0.4) is 0 Å². The zero-order valence-electron chi connectivity index (χ0n) is 4.03. The van der Waals surface area contributed by atoms with Gasteiger partial charge in [-0.3, -0.25) is 0 Å². The Labute approximate surface area is 54.1 Å². The molecule has 0 aliphatic heterocycles. The molecule has 0 bridgehead atoms. The van der Waals surface area contributed by atoms with Crippen molar-refractivity contribution in [1.82, 2.24) is 0 Å². The Bertz CT molecular complexity index is 96.0. The second-order valence-electron chi connectivity index (χ2n) is 1.73. The SMILES string of the molecule is FC1(F)CC1OCBr. The molecule has 1 atom stereocenters. The van der Waals surface area contributed by atoms with Crippen molar-refractivity contribution in [1.29, 1.82) is 0 Å². The molecule has 0 radical (unpaired) electrons. The summed E-state index contributed by atoms with van der Waals surface area (Å²) in [5, 5.41) is 0. The molecule has 1 nitrogen and oxygen atoms in total. The van der Waals surface area contributed by atoms with E-state index < -0.39 is 12.0 Å². The van der Waals surface area contributed by atoms with Gasteiger partial charge >= 0.3 is 0 Å². The topological polar surface area (TPSA) is 9.23 Å². The Kier molecular flexibility index (Phi) is 1.54. The summed E-state index contributed by atoms with van der Waals surface area (Å²) in [6.07, 6.45) is -0.930. The largest absolute Gasteiger partial charge is 0.361 e. The molecule has 0 N–H and O–H groups in total. The molecule has 1 unspecified atom stereocenters. The minimum Gasteiger partial charge on any atom is -0.361 e. The molecule has 1 aliphatic rings. The third-order valence-electron chi connectivity index (χ3n) is 1.03. The summed E-state index contributed by atoms with van der Waals surface area (Å²) < 4.78 is 28.2. The van der Waals surface area contributed by atoms with Crippen LogP contribution in [-0.2, 0) is 4.74 Å². The van der Waals surface area contributed by atoms with Crippen molar-refractivity contribution in [3.05, 3.63) is 0 Å². The monoisotopic (exact) mass is 186 g/mol. The first-order chi connectivity index (χ1) is 3.67. The van der Waals surface area contributed by atoms with Gasteiger partial charge in [-0.1, -0.05) is 15.9 Å². The number of hydrogen-bond donors (Lipinski definition) is 0. The minimum atomic E-state index is -2.53. The molecule has 1 fully saturated rings. The lowest BCUT2D eigenvalue weighted by Gasteiger charge is -1.93. The van der Waals surface area contributed by atoms with Gasteiger partial charge in [0.25, 0.3) is 5.92 Å². The molecule has 0 aromatic rings. The highest BCUT2D eigenvalue weighted by atomic mass is 79.9. The predicted molar refractivity (Wildman–Crippen MR) is 28.2 cm³/mol. The number of halogens is 3. The van der Waals surface area contributed by atoms with Crippen LogP contribution in [-0.4, -0.2) is 17.5 Å². The molecule has 0 amide bonds. The van der Waals surface area contributed by atoms with Gasteiger partial charge < -0.3 is 4.74 Å². The van der Waals surface area contributed by atoms with Gasteiger partial charge in [-0.25, -0.2) is 8.78 Å². The lowest BCUT2D eigenvalue weighted by Crippen LogP contribution is -2.01. The third kappa shape index (κ3) is 1.17. The molecule has 0 heterocycles. The smallest absolute Gasteiger partial charge is 0.276 e. The Balaban J connectivity index is 2.17. The number of rotatable bonds is 2. The van der Waals surface area contributed by atoms with Crippen LogP contribution in [0.25, 0.3) is 0 Å². The van der Waals surface area contributed by atoms with Gasteiger partial charge in [0.05, 0.1) is 0 Å². The molecule has 8 heavy (non-hydrogen) atoms. The van der Waals surface area contributed by atoms with Gasteiger partial charge in [-0.15, -0.1) is 0 Å². The van der Waals surface area contributed by atoms with Crippen LogP contribution >= 0.6 is 15.9 Å². The van der Waals surface area contributed by atoms with Crippen LogP contribution in [0.5, 0.6) is 0 Å². The summed E-state index contributed by atoms with van der Waals surface area (Å²) in [5.41, 5.74) is 0.202. The highest BCUT2D eigenvalue weighted by Gasteiger charge is 2.58. The van der Waals surface area contributed by atoms with Crippen molar-refractivity contribution >= 4 is 15.9 Å². The van der Waals surface area contributed by atoms with Crippen LogP contribution in [0.15, 0.2) is 0 Å². The van der Waals surface area contributed by atoms with E-state index in [9.17, 15) is 8.78 Å². The van der Waals surface area contributed by atoms with E-state index in [1.165, 1.54) is 0 Å². The Hall–Kier alpha value is 0.300. The van der Waals surface area contributed by atoms with Gasteiger partial charge in [-0.05, 0) is 0 Å². The minimum absolute atomic E-state index is 0.113. The Morgan fingerprint density at radius 2 is 2.25 bits per heavy atom. The molecule has 0 spiro atoms. The zero-order valence-corrected chi connectivity index (χ0v) is 5.62. The predicted octanol–water partition coefficient (Wildman–Crippen LogP) is 1.76. The molecule has 48 valence electrons. The standard InChI is InChI=1S/C4H5BrF2O/c5-2-8-3-1-4(3,6)7/h3H,1-2H2. The highest BCUT2D eigenvalue weighted by molar-refractivity contribution is 9.09. The lowest BCUT2D eigenvalue weighted by molar-refractivity contribution is 0.0314. The van der Waals surface area contributed by atoms with E-state index >= 15 is 0 Å². The Morgan fingerprint density at radius 1 is 1.75 bits per heavy atom. The summed E-state index contributed by atoms with van der Waals surface area (Å²) in [6.45, 7) is 0. The fourth-order valence-corrected chi connectivity index (χ4v) is 0.764. The van der Waals surface area contributed by atoms with Crippen molar-refractivity contribution in [2.75, 3.05) is 5.52 Å². The van der Waals surface area contributed by atoms with Gasteiger partial charge in [-0.2, -0.15) is 0 Å². The Morgan fingerprint density at radius 3 is 2.38 bits per heavy atom. The molecule has 1 aliphatic carbocycles. The fraction of sp³-hybridized carbons (Fsp3) is 1.00. The molecular weight excluding hydrogens is 182 g/mol. The van der Waals surface area contributed by atoms with Crippen LogP contribution < -0.4 is 0 Å². The van der Waals surface area contributed by atoms with E-state index in [0.29, 0.717) is 0 Å². The summed E-state index contributed by atoms with van der Waals surface area (Å²) >= 11 is 2.89. The number of ether oxygens (including phenoxy) is 1. The van der Waals surface area contributed by atoms with Crippen LogP contribution in [0.2, 0.25) is 0 Å². The van der Waals surface area contributed by atoms with Gasteiger partial charge in [0.2, 0.25) is 0 Å². The first-order valence-electron chi connectivity index (χ1n) is 2.22. The van der Waals surface area contributed by atoms with Crippen LogP contribution in [0.1, 0.15) is 6.42 Å². The van der Waals surface area contributed by atoms with Crippen LogP contribution in [0.4, 0.5) is 8.78 Å². The van der Waals surface area contributed by atoms with Crippen molar-refractivity contribution in [3.63, 3.8) is 0 Å². The molecule has 1 rings (SSSR count). The molecule has 1 saturated carbocycles. The molecular formula is C4H5BrF2O. The molecule has 0 aromatic heterocycles. The van der Waals surface area contributed by atoms with E-state index in [-0.39, 0.29) is 11.9 Å². The number of hydrogen-bond acceptors (Lipinski definition) is 1. The first kappa shape index (κ1) is 6.42. The van der Waals surface area contributed by atoms with E-state index in [4.69, 9.17) is 0 Å². The maximum atomic E-state index is 11.8. The summed E-state index contributed by atoms with van der Waals surface area (Å²) in [5.74, 6) is -2.53. The van der Waals surface area contributed by atoms with Gasteiger partial charge in [0.15, 0.2) is 0 Å². The van der Waals surface area contributed by atoms with Crippen LogP contribution in [0, 0.1) is 0 Å². The maximum Gasteiger partial charge on any atom is 0.276 e. The average molecular weight is 187 g/mol. The third-order valence-corrected chi connectivity index (χ3v) is 1.30. The summed E-state index contributed by atoms with van der Waals surface area (Å²) in [7, 11) is 0. The summed E-state index contributed by atoms with van der Waals surface area (Å²) in [6, 6.07) is 0. The fourth-order valence-electron chi connectivity index (χ4n) is 0.445. The summed E-state index contributed by atoms with van der Waals surface area (Å²) in [4.78, 5) is 0. The van der Waals surface area contributed by atoms with Gasteiger partial charge in [0, 0.05) is 6.42 Å². The average Bonchev–Trinajstić information content (AvgIpc) is 2.15. The molecule has 4 heteroatoms. The van der Waals surface area contributed by atoms with Crippen molar-refractivity contribution in [2.45, 2.75) is 18.4 Å². The lowest BCUT2D eigenvalue weighted by atomic mass is 10.8. The van der Waals surface area contributed by atoms with E-state index in [0.717, 1.165) is 0 Å². The first-order valence-corrected chi connectivity index (χ1v) is 3.34. The van der Waals surface area contributed by atoms with E-state index in [1.807, 2.05) is 0 Å². The maximum absolute atomic E-state index is 11.8.